The Morgan fingerprint density at radius 2 is 1.87 bits per heavy atom. The van der Waals surface area contributed by atoms with E-state index >= 15 is 0 Å². The number of fused-ring (bicyclic) bond motifs is 1. The summed E-state index contributed by atoms with van der Waals surface area (Å²) in [5.74, 6) is -0.910. The van der Waals surface area contributed by atoms with Crippen LogP contribution in [0.5, 0.6) is 0 Å². The zero-order valence-electron chi connectivity index (χ0n) is 16.7. The first-order chi connectivity index (χ1) is 15.1. The summed E-state index contributed by atoms with van der Waals surface area (Å²) < 4.78 is 5.43. The van der Waals surface area contributed by atoms with E-state index in [4.69, 9.17) is 4.42 Å². The van der Waals surface area contributed by atoms with E-state index in [1.165, 1.54) is 22.5 Å². The van der Waals surface area contributed by atoms with Crippen molar-refractivity contribution in [2.24, 2.45) is 0 Å². The van der Waals surface area contributed by atoms with Crippen LogP contribution in [-0.4, -0.2) is 21.7 Å². The monoisotopic (exact) mass is 429 g/mol. The predicted molar refractivity (Wildman–Crippen MR) is 120 cm³/mol. The summed E-state index contributed by atoms with van der Waals surface area (Å²) in [5, 5.41) is 15.1. The fraction of sp³-hybridized carbons (Fsp3) is 0.120. The van der Waals surface area contributed by atoms with Crippen molar-refractivity contribution in [1.29, 1.82) is 0 Å². The third-order valence-electron chi connectivity index (χ3n) is 5.64. The molecule has 5 rings (SSSR count). The highest BCUT2D eigenvalue weighted by Gasteiger charge is 2.47. The minimum absolute atomic E-state index is 0.110. The Bertz CT molecular complexity index is 1330. The van der Waals surface area contributed by atoms with Gasteiger partial charge in [-0.3, -0.25) is 9.59 Å². The Hall–Kier alpha value is -3.64. The molecule has 1 amide bonds. The van der Waals surface area contributed by atoms with Gasteiger partial charge in [-0.2, -0.15) is 0 Å². The van der Waals surface area contributed by atoms with Crippen LogP contribution in [0.1, 0.15) is 27.8 Å². The number of aliphatic hydroxyl groups excluding tert-OH is 1. The topological polar surface area (TPSA) is 70.8 Å². The molecule has 4 aromatic rings. The van der Waals surface area contributed by atoms with Gasteiger partial charge in [0.2, 0.25) is 0 Å². The minimum Gasteiger partial charge on any atom is -0.507 e. The van der Waals surface area contributed by atoms with Crippen molar-refractivity contribution in [3.05, 3.63) is 99.6 Å². The molecule has 2 aromatic heterocycles. The molecule has 1 fully saturated rings. The highest BCUT2D eigenvalue weighted by molar-refractivity contribution is 7.10. The average molecular weight is 429 g/mol. The summed E-state index contributed by atoms with van der Waals surface area (Å²) >= 11 is 1.47. The van der Waals surface area contributed by atoms with Crippen LogP contribution >= 0.6 is 11.3 Å². The molecule has 0 aliphatic carbocycles. The lowest BCUT2D eigenvalue weighted by molar-refractivity contribution is -0.140. The normalized spacial score (nSPS) is 18.2. The number of hydrogen-bond acceptors (Lipinski definition) is 5. The van der Waals surface area contributed by atoms with E-state index in [1.54, 1.807) is 18.2 Å². The summed E-state index contributed by atoms with van der Waals surface area (Å²) in [6.07, 6.45) is 1.54. The molecule has 2 aromatic carbocycles. The van der Waals surface area contributed by atoms with E-state index in [1.807, 2.05) is 54.8 Å². The molecule has 1 unspecified atom stereocenters. The standard InChI is InChI=1S/C25H19NO4S/c1-15-11-13-31-24(15)21-20(23(28)25(29)26(21)14-17-8-5-12-30-17)22(27)19-10-4-7-16-6-2-3-9-18(16)19/h2-13,21,27H,14H2,1H3/b22-20+. The van der Waals surface area contributed by atoms with Gasteiger partial charge in [-0.25, -0.2) is 0 Å². The number of ketones is 1. The second-order valence-electron chi connectivity index (χ2n) is 7.50. The molecule has 3 heterocycles. The lowest BCUT2D eigenvalue weighted by atomic mass is 9.95. The number of hydrogen-bond donors (Lipinski definition) is 1. The second kappa shape index (κ2) is 7.56. The lowest BCUT2D eigenvalue weighted by Crippen LogP contribution is -2.28. The molecule has 1 aliphatic heterocycles. The van der Waals surface area contributed by atoms with Crippen molar-refractivity contribution in [2.45, 2.75) is 19.5 Å². The van der Waals surface area contributed by atoms with Crippen LogP contribution < -0.4 is 0 Å². The van der Waals surface area contributed by atoms with Gasteiger partial charge >= 0.3 is 0 Å². The minimum atomic E-state index is -0.685. The molecule has 0 radical (unpaired) electrons. The molecule has 0 spiro atoms. The number of Topliss-reactive ketones (excluding diaryl/α,β-unsaturated/α-hetero) is 1. The predicted octanol–water partition coefficient (Wildman–Crippen LogP) is 5.42. The SMILES string of the molecule is Cc1ccsc1C1/C(=C(\O)c2cccc3ccccc23)C(=O)C(=O)N1Cc1ccco1. The van der Waals surface area contributed by atoms with Gasteiger partial charge in [0.15, 0.2) is 0 Å². The van der Waals surface area contributed by atoms with Crippen LogP contribution in [0.25, 0.3) is 16.5 Å². The van der Waals surface area contributed by atoms with Gasteiger partial charge < -0.3 is 14.4 Å². The van der Waals surface area contributed by atoms with E-state index < -0.39 is 17.7 Å². The molecule has 5 nitrogen and oxygen atoms in total. The summed E-state index contributed by atoms with van der Waals surface area (Å²) in [4.78, 5) is 28.6. The summed E-state index contributed by atoms with van der Waals surface area (Å²) in [7, 11) is 0. The second-order valence-corrected chi connectivity index (χ2v) is 8.45. The lowest BCUT2D eigenvalue weighted by Gasteiger charge is -2.24. The third-order valence-corrected chi connectivity index (χ3v) is 6.71. The zero-order chi connectivity index (χ0) is 21.5. The number of thiophene rings is 1. The molecule has 1 aliphatic rings. The van der Waals surface area contributed by atoms with E-state index in [9.17, 15) is 14.7 Å². The van der Waals surface area contributed by atoms with Gasteiger partial charge in [-0.05, 0) is 46.8 Å². The summed E-state index contributed by atoms with van der Waals surface area (Å²) in [6.45, 7) is 2.09. The fourth-order valence-electron chi connectivity index (χ4n) is 4.13. The van der Waals surface area contributed by atoms with Crippen LogP contribution in [0.4, 0.5) is 0 Å². The Morgan fingerprint density at radius 3 is 2.61 bits per heavy atom. The van der Waals surface area contributed by atoms with Crippen molar-refractivity contribution in [2.75, 3.05) is 0 Å². The molecular weight excluding hydrogens is 410 g/mol. The van der Waals surface area contributed by atoms with Crippen molar-refractivity contribution in [1.82, 2.24) is 4.90 Å². The van der Waals surface area contributed by atoms with E-state index in [2.05, 4.69) is 0 Å². The molecule has 0 saturated carbocycles. The molecule has 154 valence electrons. The van der Waals surface area contributed by atoms with Crippen molar-refractivity contribution in [3.8, 4) is 0 Å². The van der Waals surface area contributed by atoms with Gasteiger partial charge in [0, 0.05) is 10.4 Å². The number of aryl methyl sites for hydroxylation is 1. The molecule has 1 N–H and O–H groups in total. The fourth-order valence-corrected chi connectivity index (χ4v) is 5.17. The maximum Gasteiger partial charge on any atom is 0.296 e. The van der Waals surface area contributed by atoms with Gasteiger partial charge in [0.25, 0.3) is 11.7 Å². The Labute approximate surface area is 182 Å². The smallest absolute Gasteiger partial charge is 0.296 e. The van der Waals surface area contributed by atoms with Gasteiger partial charge in [-0.1, -0.05) is 42.5 Å². The summed E-state index contributed by atoms with van der Waals surface area (Å²) in [5.41, 5.74) is 1.61. The quantitative estimate of drug-likeness (QED) is 0.267. The maximum atomic E-state index is 13.2. The third kappa shape index (κ3) is 3.16. The molecule has 6 heteroatoms. The van der Waals surface area contributed by atoms with Crippen LogP contribution in [0, 0.1) is 6.92 Å². The first kappa shape index (κ1) is 19.3. The van der Waals surface area contributed by atoms with Crippen LogP contribution in [-0.2, 0) is 16.1 Å². The maximum absolute atomic E-state index is 13.2. The number of aliphatic hydroxyl groups is 1. The average Bonchev–Trinajstić information content (AvgIpc) is 3.50. The molecule has 31 heavy (non-hydrogen) atoms. The number of carbonyl (C=O) groups is 2. The zero-order valence-corrected chi connectivity index (χ0v) is 17.6. The molecule has 1 saturated heterocycles. The van der Waals surface area contributed by atoms with Crippen LogP contribution in [0.3, 0.4) is 0 Å². The Kier molecular flexibility index (Phi) is 4.71. The largest absolute Gasteiger partial charge is 0.507 e. The molecule has 0 bridgehead atoms. The van der Waals surface area contributed by atoms with E-state index in [0.717, 1.165) is 21.2 Å². The number of likely N-dealkylation sites (tertiary alicyclic amines) is 1. The Morgan fingerprint density at radius 1 is 1.06 bits per heavy atom. The molecular formula is C25H19NO4S. The number of nitrogens with zero attached hydrogens (tertiary/aromatic N) is 1. The first-order valence-corrected chi connectivity index (χ1v) is 10.8. The van der Waals surface area contributed by atoms with Gasteiger partial charge in [-0.15, -0.1) is 11.3 Å². The van der Waals surface area contributed by atoms with Crippen LogP contribution in [0.15, 0.2) is 82.3 Å². The number of amides is 1. The van der Waals surface area contributed by atoms with Gasteiger partial charge in [0.1, 0.15) is 17.6 Å². The highest BCUT2D eigenvalue weighted by Crippen LogP contribution is 2.44. The van der Waals surface area contributed by atoms with Crippen molar-refractivity contribution < 1.29 is 19.1 Å². The van der Waals surface area contributed by atoms with Crippen LogP contribution in [0.2, 0.25) is 0 Å². The Balaban J connectivity index is 1.72. The number of rotatable bonds is 4. The number of benzene rings is 2. The van der Waals surface area contributed by atoms with Gasteiger partial charge in [0.05, 0.1) is 18.4 Å². The number of furan rings is 1. The van der Waals surface area contributed by atoms with E-state index in [-0.39, 0.29) is 17.9 Å². The summed E-state index contributed by atoms with van der Waals surface area (Å²) in [6, 6.07) is 18.0. The number of carbonyl (C=O) groups excluding carboxylic acids is 2. The van der Waals surface area contributed by atoms with E-state index in [0.29, 0.717) is 11.3 Å². The first-order valence-electron chi connectivity index (χ1n) is 9.89. The van der Waals surface area contributed by atoms with Crippen molar-refractivity contribution in [3.63, 3.8) is 0 Å². The highest BCUT2D eigenvalue weighted by atomic mass is 32.1. The van der Waals surface area contributed by atoms with Crippen molar-refractivity contribution >= 4 is 39.6 Å². The molecule has 1 atom stereocenters.